The molecule has 0 aromatic rings. The summed E-state index contributed by atoms with van der Waals surface area (Å²) >= 11 is 0. The van der Waals surface area contributed by atoms with Crippen LogP contribution in [0.25, 0.3) is 0 Å². The van der Waals surface area contributed by atoms with Crippen LogP contribution in [0.1, 0.15) is 48.5 Å². The molecule has 0 rings (SSSR count). The van der Waals surface area contributed by atoms with Crippen LogP contribution in [0.3, 0.4) is 0 Å². The number of aliphatic hydroxyl groups excluding tert-OH is 1. The first-order chi connectivity index (χ1) is 7.61. The molecule has 17 heavy (non-hydrogen) atoms. The van der Waals surface area contributed by atoms with Crippen LogP contribution in [0.2, 0.25) is 0 Å². The van der Waals surface area contributed by atoms with Crippen molar-refractivity contribution in [2.45, 2.75) is 54.6 Å². The second kappa shape index (κ2) is 6.39. The third kappa shape index (κ3) is 5.07. The summed E-state index contributed by atoms with van der Waals surface area (Å²) in [6, 6.07) is 0. The maximum absolute atomic E-state index is 11.7. The molecule has 0 aliphatic heterocycles. The Morgan fingerprint density at radius 1 is 1.18 bits per heavy atom. The quantitative estimate of drug-likeness (QED) is 0.756. The molecular formula is C14H28O3. The van der Waals surface area contributed by atoms with Crippen molar-refractivity contribution in [3.8, 4) is 0 Å². The molecule has 0 heterocycles. The molecule has 102 valence electrons. The SMILES string of the molecule is CC(C)C(=O)OC(C(CO)C(C)C)C(C)(C)C. The molecule has 0 aromatic carbocycles. The average Bonchev–Trinajstić information content (AvgIpc) is 2.14. The molecule has 0 aromatic heterocycles. The topological polar surface area (TPSA) is 46.5 Å². The lowest BCUT2D eigenvalue weighted by atomic mass is 9.77. The summed E-state index contributed by atoms with van der Waals surface area (Å²) in [7, 11) is 0. The van der Waals surface area contributed by atoms with E-state index in [4.69, 9.17) is 4.74 Å². The van der Waals surface area contributed by atoms with Gasteiger partial charge in [-0.15, -0.1) is 0 Å². The van der Waals surface area contributed by atoms with Gasteiger partial charge >= 0.3 is 5.97 Å². The molecule has 0 saturated carbocycles. The number of aliphatic hydroxyl groups is 1. The Morgan fingerprint density at radius 3 is 1.88 bits per heavy atom. The van der Waals surface area contributed by atoms with Crippen molar-refractivity contribution in [3.05, 3.63) is 0 Å². The normalized spacial score (nSPS) is 16.1. The van der Waals surface area contributed by atoms with Gasteiger partial charge in [-0.3, -0.25) is 4.79 Å². The van der Waals surface area contributed by atoms with E-state index in [2.05, 4.69) is 0 Å². The number of carbonyl (C=O) groups excluding carboxylic acids is 1. The molecule has 0 aliphatic carbocycles. The Bertz CT molecular complexity index is 238. The second-order valence-corrected chi connectivity index (χ2v) is 6.47. The number of rotatable bonds is 5. The summed E-state index contributed by atoms with van der Waals surface area (Å²) in [6.07, 6.45) is -0.248. The van der Waals surface area contributed by atoms with Gasteiger partial charge in [0.15, 0.2) is 0 Å². The van der Waals surface area contributed by atoms with Crippen LogP contribution in [0.15, 0.2) is 0 Å². The fourth-order valence-corrected chi connectivity index (χ4v) is 1.82. The van der Waals surface area contributed by atoms with Crippen molar-refractivity contribution >= 4 is 5.97 Å². The van der Waals surface area contributed by atoms with E-state index in [1.165, 1.54) is 0 Å². The molecule has 0 fully saturated rings. The van der Waals surface area contributed by atoms with Crippen molar-refractivity contribution in [1.29, 1.82) is 0 Å². The minimum absolute atomic E-state index is 0.0160. The lowest BCUT2D eigenvalue weighted by Crippen LogP contribution is -2.42. The smallest absolute Gasteiger partial charge is 0.308 e. The van der Waals surface area contributed by atoms with Crippen LogP contribution in [0.4, 0.5) is 0 Å². The average molecular weight is 244 g/mol. The number of hydrogen-bond acceptors (Lipinski definition) is 3. The first-order valence-electron chi connectivity index (χ1n) is 6.42. The molecule has 0 radical (unpaired) electrons. The van der Waals surface area contributed by atoms with Gasteiger partial charge in [0.2, 0.25) is 0 Å². The van der Waals surface area contributed by atoms with Crippen LogP contribution >= 0.6 is 0 Å². The molecule has 0 aliphatic rings. The van der Waals surface area contributed by atoms with Gasteiger partial charge in [-0.1, -0.05) is 48.5 Å². The van der Waals surface area contributed by atoms with E-state index >= 15 is 0 Å². The Hall–Kier alpha value is -0.570. The zero-order chi connectivity index (χ0) is 13.8. The molecule has 2 unspecified atom stereocenters. The van der Waals surface area contributed by atoms with Crippen molar-refractivity contribution in [2.75, 3.05) is 6.61 Å². The standard InChI is InChI=1S/C14H28O3/c1-9(2)11(8-15)12(14(5,6)7)17-13(16)10(3)4/h9-12,15H,8H2,1-7H3. The highest BCUT2D eigenvalue weighted by Gasteiger charge is 2.37. The van der Waals surface area contributed by atoms with Crippen LogP contribution in [0.5, 0.6) is 0 Å². The highest BCUT2D eigenvalue weighted by molar-refractivity contribution is 5.71. The van der Waals surface area contributed by atoms with Crippen molar-refractivity contribution in [3.63, 3.8) is 0 Å². The number of ether oxygens (including phenoxy) is 1. The van der Waals surface area contributed by atoms with Gasteiger partial charge in [-0.25, -0.2) is 0 Å². The Balaban J connectivity index is 4.95. The Labute approximate surface area is 106 Å². The highest BCUT2D eigenvalue weighted by Crippen LogP contribution is 2.32. The summed E-state index contributed by atoms with van der Waals surface area (Å²) in [5.41, 5.74) is -0.164. The summed E-state index contributed by atoms with van der Waals surface area (Å²) in [4.78, 5) is 11.7. The first-order valence-corrected chi connectivity index (χ1v) is 6.42. The van der Waals surface area contributed by atoms with Gasteiger partial charge in [0.25, 0.3) is 0 Å². The molecule has 0 bridgehead atoms. The zero-order valence-electron chi connectivity index (χ0n) is 12.3. The van der Waals surface area contributed by atoms with Gasteiger partial charge in [-0.2, -0.15) is 0 Å². The van der Waals surface area contributed by atoms with Crippen molar-refractivity contribution in [1.82, 2.24) is 0 Å². The van der Waals surface area contributed by atoms with E-state index in [-0.39, 0.29) is 41.8 Å². The van der Waals surface area contributed by atoms with E-state index in [0.29, 0.717) is 0 Å². The van der Waals surface area contributed by atoms with E-state index in [1.54, 1.807) is 0 Å². The van der Waals surface area contributed by atoms with Crippen LogP contribution in [-0.4, -0.2) is 23.8 Å². The van der Waals surface area contributed by atoms with Gasteiger partial charge in [0.1, 0.15) is 6.10 Å². The second-order valence-electron chi connectivity index (χ2n) is 6.47. The molecule has 3 nitrogen and oxygen atoms in total. The first kappa shape index (κ1) is 16.4. The minimum atomic E-state index is -0.248. The van der Waals surface area contributed by atoms with Crippen molar-refractivity contribution < 1.29 is 14.6 Å². The lowest BCUT2D eigenvalue weighted by molar-refractivity contribution is -0.166. The molecule has 1 N–H and O–H groups in total. The summed E-state index contributed by atoms with van der Waals surface area (Å²) in [5, 5.41) is 9.49. The largest absolute Gasteiger partial charge is 0.461 e. The van der Waals surface area contributed by atoms with E-state index in [1.807, 2.05) is 48.5 Å². The highest BCUT2D eigenvalue weighted by atomic mass is 16.5. The zero-order valence-corrected chi connectivity index (χ0v) is 12.3. The molecule has 2 atom stereocenters. The number of carbonyl (C=O) groups is 1. The maximum atomic E-state index is 11.7. The minimum Gasteiger partial charge on any atom is -0.461 e. The molecule has 3 heteroatoms. The molecular weight excluding hydrogens is 216 g/mol. The predicted octanol–water partition coefficient (Wildman–Crippen LogP) is 2.86. The van der Waals surface area contributed by atoms with Gasteiger partial charge < -0.3 is 9.84 Å². The molecule has 0 spiro atoms. The third-order valence-electron chi connectivity index (χ3n) is 3.02. The van der Waals surface area contributed by atoms with E-state index in [9.17, 15) is 9.90 Å². The maximum Gasteiger partial charge on any atom is 0.308 e. The summed E-state index contributed by atoms with van der Waals surface area (Å²) in [5.74, 6) is -0.0581. The van der Waals surface area contributed by atoms with Crippen LogP contribution in [-0.2, 0) is 9.53 Å². The Morgan fingerprint density at radius 2 is 1.65 bits per heavy atom. The van der Waals surface area contributed by atoms with Gasteiger partial charge in [0, 0.05) is 12.5 Å². The van der Waals surface area contributed by atoms with E-state index < -0.39 is 0 Å². The summed E-state index contributed by atoms with van der Waals surface area (Å²) in [6.45, 7) is 13.9. The lowest BCUT2D eigenvalue weighted by Gasteiger charge is -2.38. The Kier molecular flexibility index (Phi) is 6.17. The van der Waals surface area contributed by atoms with E-state index in [0.717, 1.165) is 0 Å². The van der Waals surface area contributed by atoms with Crippen LogP contribution in [0, 0.1) is 23.2 Å². The van der Waals surface area contributed by atoms with Gasteiger partial charge in [0.05, 0.1) is 5.92 Å². The summed E-state index contributed by atoms with van der Waals surface area (Å²) < 4.78 is 5.59. The predicted molar refractivity (Wildman–Crippen MR) is 69.6 cm³/mol. The fraction of sp³-hybridized carbons (Fsp3) is 0.929. The third-order valence-corrected chi connectivity index (χ3v) is 3.02. The number of esters is 1. The monoisotopic (exact) mass is 244 g/mol. The van der Waals surface area contributed by atoms with Crippen molar-refractivity contribution in [2.24, 2.45) is 23.2 Å². The van der Waals surface area contributed by atoms with Crippen LogP contribution < -0.4 is 0 Å². The molecule has 0 saturated heterocycles. The number of hydrogen-bond donors (Lipinski definition) is 1. The fourth-order valence-electron chi connectivity index (χ4n) is 1.82. The van der Waals surface area contributed by atoms with Gasteiger partial charge in [-0.05, 0) is 11.3 Å². The molecule has 0 amide bonds.